The molecule has 2 aromatic carbocycles. The number of anilines is 1. The zero-order valence-electron chi connectivity index (χ0n) is 14.5. The number of amides is 1. The van der Waals surface area contributed by atoms with Crippen molar-refractivity contribution < 1.29 is 9.72 Å². The van der Waals surface area contributed by atoms with Gasteiger partial charge in [0, 0.05) is 34.8 Å². The standard InChI is InChI=1S/C19H16N4O3S/c1-12-4-2-3-5-15(12)19(24)20-18-16-10-27-11-17(16)21-22(18)13-6-8-14(9-7-13)23(25)26/h2-9H,10-11H2,1H3,(H,20,24). The number of hydrogen-bond acceptors (Lipinski definition) is 5. The van der Waals surface area contributed by atoms with Crippen LogP contribution in [0.4, 0.5) is 11.5 Å². The number of non-ortho nitro benzene ring substituents is 1. The first-order chi connectivity index (χ1) is 13.0. The van der Waals surface area contributed by atoms with Crippen LogP contribution in [0.1, 0.15) is 27.2 Å². The van der Waals surface area contributed by atoms with E-state index in [1.807, 2.05) is 25.1 Å². The molecular weight excluding hydrogens is 364 g/mol. The van der Waals surface area contributed by atoms with Crippen molar-refractivity contribution in [3.8, 4) is 5.69 Å². The van der Waals surface area contributed by atoms with Gasteiger partial charge in [-0.3, -0.25) is 14.9 Å². The zero-order valence-corrected chi connectivity index (χ0v) is 15.3. The van der Waals surface area contributed by atoms with Crippen LogP contribution >= 0.6 is 11.8 Å². The monoisotopic (exact) mass is 380 g/mol. The maximum Gasteiger partial charge on any atom is 0.269 e. The summed E-state index contributed by atoms with van der Waals surface area (Å²) in [5.41, 5.74) is 4.11. The predicted octanol–water partition coefficient (Wildman–Crippen LogP) is 4.09. The van der Waals surface area contributed by atoms with Crippen LogP contribution in [0.3, 0.4) is 0 Å². The quantitative estimate of drug-likeness (QED) is 0.544. The molecule has 0 radical (unpaired) electrons. The molecule has 1 amide bonds. The van der Waals surface area contributed by atoms with Gasteiger partial charge in [-0.05, 0) is 30.7 Å². The van der Waals surface area contributed by atoms with Gasteiger partial charge < -0.3 is 5.32 Å². The summed E-state index contributed by atoms with van der Waals surface area (Å²) in [7, 11) is 0. The van der Waals surface area contributed by atoms with Crippen molar-refractivity contribution in [2.24, 2.45) is 0 Å². The molecule has 0 bridgehead atoms. The summed E-state index contributed by atoms with van der Waals surface area (Å²) in [6.45, 7) is 1.89. The predicted molar refractivity (Wildman–Crippen MR) is 104 cm³/mol. The number of nitrogens with one attached hydrogen (secondary N) is 1. The van der Waals surface area contributed by atoms with Crippen LogP contribution in [-0.4, -0.2) is 20.6 Å². The third-order valence-corrected chi connectivity index (χ3v) is 5.45. The number of aryl methyl sites for hydroxylation is 1. The summed E-state index contributed by atoms with van der Waals surface area (Å²) < 4.78 is 1.66. The normalized spacial score (nSPS) is 12.6. The molecule has 0 aliphatic carbocycles. The summed E-state index contributed by atoms with van der Waals surface area (Å²) >= 11 is 1.74. The van der Waals surface area contributed by atoms with Crippen molar-refractivity contribution in [3.05, 3.63) is 81.0 Å². The van der Waals surface area contributed by atoms with Gasteiger partial charge in [-0.25, -0.2) is 4.68 Å². The van der Waals surface area contributed by atoms with Crippen molar-refractivity contribution in [2.45, 2.75) is 18.4 Å². The number of nitro groups is 1. The fourth-order valence-electron chi connectivity index (χ4n) is 3.05. The molecule has 0 saturated heterocycles. The first-order valence-electron chi connectivity index (χ1n) is 8.35. The lowest BCUT2D eigenvalue weighted by atomic mass is 10.1. The lowest BCUT2D eigenvalue weighted by Crippen LogP contribution is -2.17. The van der Waals surface area contributed by atoms with Crippen LogP contribution in [0.15, 0.2) is 48.5 Å². The topological polar surface area (TPSA) is 90.1 Å². The fraction of sp³-hybridized carbons (Fsp3) is 0.158. The summed E-state index contributed by atoms with van der Waals surface area (Å²) in [5, 5.41) is 18.5. The minimum atomic E-state index is -0.440. The maximum absolute atomic E-state index is 12.8. The van der Waals surface area contributed by atoms with Crippen LogP contribution in [0.25, 0.3) is 5.69 Å². The molecule has 0 fully saturated rings. The van der Waals surface area contributed by atoms with Gasteiger partial charge in [0.05, 0.1) is 16.3 Å². The van der Waals surface area contributed by atoms with Gasteiger partial charge in [0.25, 0.3) is 11.6 Å². The molecule has 27 heavy (non-hydrogen) atoms. The molecule has 2 heterocycles. The van der Waals surface area contributed by atoms with Gasteiger partial charge in [-0.2, -0.15) is 16.9 Å². The van der Waals surface area contributed by atoms with Crippen LogP contribution in [-0.2, 0) is 11.5 Å². The molecule has 7 nitrogen and oxygen atoms in total. The molecule has 0 atom stereocenters. The highest BCUT2D eigenvalue weighted by molar-refractivity contribution is 7.98. The Hall–Kier alpha value is -3.13. The number of aromatic nitrogens is 2. The Bertz CT molecular complexity index is 1040. The molecule has 1 aromatic heterocycles. The second-order valence-corrected chi connectivity index (χ2v) is 7.21. The van der Waals surface area contributed by atoms with E-state index in [1.54, 1.807) is 34.6 Å². The highest BCUT2D eigenvalue weighted by Gasteiger charge is 2.25. The first kappa shape index (κ1) is 17.3. The SMILES string of the molecule is Cc1ccccc1C(=O)Nc1c2c(nn1-c1ccc([N+](=O)[O-])cc1)CSC2. The zero-order chi connectivity index (χ0) is 19.0. The minimum absolute atomic E-state index is 0.0134. The number of benzene rings is 2. The fourth-order valence-corrected chi connectivity index (χ4v) is 4.08. The number of nitro benzene ring substituents is 1. The highest BCUT2D eigenvalue weighted by Crippen LogP contribution is 2.36. The summed E-state index contributed by atoms with van der Waals surface area (Å²) in [6, 6.07) is 13.5. The van der Waals surface area contributed by atoms with Crippen LogP contribution < -0.4 is 5.32 Å². The Labute approximate surface area is 159 Å². The summed E-state index contributed by atoms with van der Waals surface area (Å²) in [6.07, 6.45) is 0. The number of carbonyl (C=O) groups is 1. The second kappa shape index (κ2) is 6.88. The van der Waals surface area contributed by atoms with Crippen LogP contribution in [0, 0.1) is 17.0 Å². The highest BCUT2D eigenvalue weighted by atomic mass is 32.2. The smallest absolute Gasteiger partial charge is 0.269 e. The molecule has 0 spiro atoms. The Balaban J connectivity index is 1.73. The Kier molecular flexibility index (Phi) is 4.41. The van der Waals surface area contributed by atoms with E-state index in [9.17, 15) is 14.9 Å². The third-order valence-electron chi connectivity index (χ3n) is 4.48. The minimum Gasteiger partial charge on any atom is -0.306 e. The molecule has 4 rings (SSSR count). The lowest BCUT2D eigenvalue weighted by molar-refractivity contribution is -0.384. The van der Waals surface area contributed by atoms with E-state index in [-0.39, 0.29) is 11.6 Å². The van der Waals surface area contributed by atoms with E-state index in [0.717, 1.165) is 28.3 Å². The van der Waals surface area contributed by atoms with Gasteiger partial charge in [0.1, 0.15) is 5.82 Å². The van der Waals surface area contributed by atoms with Crippen molar-refractivity contribution >= 4 is 29.2 Å². The van der Waals surface area contributed by atoms with Gasteiger partial charge in [0.15, 0.2) is 0 Å². The molecule has 1 aliphatic heterocycles. The lowest BCUT2D eigenvalue weighted by Gasteiger charge is -2.12. The Morgan fingerprint density at radius 3 is 2.63 bits per heavy atom. The number of carbonyl (C=O) groups excluding carboxylic acids is 1. The van der Waals surface area contributed by atoms with E-state index in [2.05, 4.69) is 10.4 Å². The van der Waals surface area contributed by atoms with E-state index in [0.29, 0.717) is 17.1 Å². The number of nitrogens with zero attached hydrogens (tertiary/aromatic N) is 3. The van der Waals surface area contributed by atoms with Crippen molar-refractivity contribution in [1.29, 1.82) is 0 Å². The molecular formula is C19H16N4O3S. The molecule has 1 N–H and O–H groups in total. The molecule has 136 valence electrons. The van der Waals surface area contributed by atoms with Gasteiger partial charge in [0.2, 0.25) is 0 Å². The van der Waals surface area contributed by atoms with E-state index < -0.39 is 4.92 Å². The van der Waals surface area contributed by atoms with Gasteiger partial charge in [-0.1, -0.05) is 18.2 Å². The van der Waals surface area contributed by atoms with Crippen molar-refractivity contribution in [2.75, 3.05) is 5.32 Å². The molecule has 1 aliphatic rings. The largest absolute Gasteiger partial charge is 0.306 e. The number of rotatable bonds is 4. The van der Waals surface area contributed by atoms with Crippen LogP contribution in [0.2, 0.25) is 0 Å². The summed E-state index contributed by atoms with van der Waals surface area (Å²) in [5.74, 6) is 1.97. The number of hydrogen-bond donors (Lipinski definition) is 1. The average molecular weight is 380 g/mol. The molecule has 0 unspecified atom stereocenters. The van der Waals surface area contributed by atoms with Crippen LogP contribution in [0.5, 0.6) is 0 Å². The Morgan fingerprint density at radius 2 is 1.93 bits per heavy atom. The van der Waals surface area contributed by atoms with Gasteiger partial charge >= 0.3 is 0 Å². The second-order valence-electron chi connectivity index (χ2n) is 6.22. The van der Waals surface area contributed by atoms with E-state index in [4.69, 9.17) is 0 Å². The first-order valence-corrected chi connectivity index (χ1v) is 9.50. The number of thioether (sulfide) groups is 1. The molecule has 3 aromatic rings. The van der Waals surface area contributed by atoms with E-state index in [1.165, 1.54) is 12.1 Å². The molecule has 0 saturated carbocycles. The maximum atomic E-state index is 12.8. The van der Waals surface area contributed by atoms with Crippen molar-refractivity contribution in [1.82, 2.24) is 9.78 Å². The van der Waals surface area contributed by atoms with Gasteiger partial charge in [-0.15, -0.1) is 0 Å². The average Bonchev–Trinajstić information content (AvgIpc) is 3.25. The summed E-state index contributed by atoms with van der Waals surface area (Å²) in [4.78, 5) is 23.3. The molecule has 8 heteroatoms. The van der Waals surface area contributed by atoms with Crippen molar-refractivity contribution in [3.63, 3.8) is 0 Å². The number of fused-ring (bicyclic) bond motifs is 1. The third kappa shape index (κ3) is 3.19. The Morgan fingerprint density at radius 1 is 1.19 bits per heavy atom. The van der Waals surface area contributed by atoms with E-state index >= 15 is 0 Å².